The molecule has 0 aliphatic heterocycles. The van der Waals surface area contributed by atoms with E-state index in [2.05, 4.69) is 83.1 Å². The van der Waals surface area contributed by atoms with Crippen LogP contribution < -0.4 is 0 Å². The molecule has 8 saturated carbocycles. The van der Waals surface area contributed by atoms with Gasteiger partial charge in [0.15, 0.2) is 26.2 Å². The molecule has 12 heteroatoms. The highest BCUT2D eigenvalue weighted by Crippen LogP contribution is 2.68. The zero-order chi connectivity index (χ0) is 62.5. The van der Waals surface area contributed by atoms with E-state index in [0.717, 1.165) is 62.2 Å². The zero-order valence-electron chi connectivity index (χ0n) is 57.4. The van der Waals surface area contributed by atoms with Gasteiger partial charge in [-0.05, 0) is 239 Å². The van der Waals surface area contributed by atoms with Gasteiger partial charge < -0.3 is 37.9 Å². The van der Waals surface area contributed by atoms with Crippen LogP contribution in [0.1, 0.15) is 283 Å². The third-order valence-corrected chi connectivity index (χ3v) is 25.6. The maximum atomic E-state index is 12.2. The lowest BCUT2D eigenvalue weighted by molar-refractivity contribution is -0.219. The van der Waals surface area contributed by atoms with Crippen LogP contribution in [0.3, 0.4) is 0 Å². The predicted octanol–water partition coefficient (Wildman–Crippen LogP) is 17.4. The van der Waals surface area contributed by atoms with Crippen LogP contribution in [0.15, 0.2) is 0 Å². The summed E-state index contributed by atoms with van der Waals surface area (Å²) in [5, 5.41) is 0. The highest BCUT2D eigenvalue weighted by molar-refractivity contribution is 5.77. The molecule has 8 rings (SSSR count). The van der Waals surface area contributed by atoms with Crippen molar-refractivity contribution in [1.82, 2.24) is 0 Å². The van der Waals surface area contributed by atoms with Gasteiger partial charge in [0.05, 0.1) is 46.1 Å². The molecule has 8 fully saturated rings. The minimum absolute atomic E-state index is 0.0959. The van der Waals surface area contributed by atoms with Crippen molar-refractivity contribution in [2.45, 2.75) is 320 Å². The van der Waals surface area contributed by atoms with E-state index in [9.17, 15) is 19.2 Å². The Kier molecular flexibility index (Phi) is 21.5. The molecule has 0 amide bonds. The molecule has 0 N–H and O–H groups in total. The molecule has 82 heavy (non-hydrogen) atoms. The minimum Gasteiger partial charge on any atom is -0.438 e. The van der Waals surface area contributed by atoms with Crippen molar-refractivity contribution in [2.75, 3.05) is 13.6 Å². The normalized spacial score (nSPS) is 35.5. The summed E-state index contributed by atoms with van der Waals surface area (Å²) in [6.07, 6.45) is 17.8. The largest absolute Gasteiger partial charge is 0.438 e. The molecule has 0 aromatic rings. The number of carbonyl (C=O) groups excluding carboxylic acids is 4. The monoisotopic (exact) mass is 1160 g/mol. The molecule has 0 radical (unpaired) electrons. The maximum absolute atomic E-state index is 12.2. The van der Waals surface area contributed by atoms with Gasteiger partial charge in [0.25, 0.3) is 0 Å². The van der Waals surface area contributed by atoms with Gasteiger partial charge in [-0.2, -0.15) is 0 Å². The van der Waals surface area contributed by atoms with Gasteiger partial charge in [-0.1, -0.05) is 111 Å². The summed E-state index contributed by atoms with van der Waals surface area (Å²) in [5.41, 5.74) is 0.265. The van der Waals surface area contributed by atoms with E-state index in [1.54, 1.807) is 0 Å². The Morgan fingerprint density at radius 3 is 1.09 bits per heavy atom. The number of rotatable bonds is 20. The fraction of sp³-hybridized carbons (Fsp3) is 0.943. The lowest BCUT2D eigenvalue weighted by atomic mass is 9.70. The Morgan fingerprint density at radius 2 is 0.756 bits per heavy atom. The van der Waals surface area contributed by atoms with Crippen molar-refractivity contribution in [2.24, 2.45) is 88.7 Å². The van der Waals surface area contributed by atoms with E-state index in [-0.39, 0.29) is 94.4 Å². The standard InChI is InChI=1S/2C18H32O3.2C17H30O3/c1-8-16(3,4)15(19)21-12(2)20-14-17(5,6)13-9-10-18(14,7)11-13;1-8-16(3,4)15(19)21-12(2)20-14-11-13-9-10-18(14,7)17(13,5)6;1-7-15(2,3)14(18)20-11-19-13-16(4,5)12-8-9-17(13,6)10-12;1-7-15(2,3)14(18)20-11-19-13-10-12-8-9-17(13,6)16(12,4)5/h2*12-14H,8-11H2,1-7H3;2*12-13H,7-11H2,1-6H3. The smallest absolute Gasteiger partial charge is 0.313 e. The van der Waals surface area contributed by atoms with E-state index < -0.39 is 34.2 Å². The lowest BCUT2D eigenvalue weighted by Gasteiger charge is -2.43. The van der Waals surface area contributed by atoms with E-state index in [1.165, 1.54) is 64.2 Å². The fourth-order valence-electron chi connectivity index (χ4n) is 16.4. The Hall–Kier alpha value is -2.28. The number of fused-ring (bicyclic) bond motifs is 8. The second kappa shape index (κ2) is 25.1. The summed E-state index contributed by atoms with van der Waals surface area (Å²) >= 11 is 0. The molecule has 0 aromatic carbocycles. The summed E-state index contributed by atoms with van der Waals surface area (Å²) in [5.74, 6) is 2.33. The third kappa shape index (κ3) is 13.9. The maximum Gasteiger partial charge on any atom is 0.313 e. The summed E-state index contributed by atoms with van der Waals surface area (Å²) in [7, 11) is 0. The second-order valence-corrected chi connectivity index (χ2v) is 33.4. The average molecular weight is 1160 g/mol. The number of esters is 4. The van der Waals surface area contributed by atoms with Crippen molar-refractivity contribution in [3.8, 4) is 0 Å². The van der Waals surface area contributed by atoms with Crippen LogP contribution in [0.5, 0.6) is 0 Å². The highest BCUT2D eigenvalue weighted by atomic mass is 16.7. The van der Waals surface area contributed by atoms with E-state index in [1.807, 2.05) is 96.9 Å². The van der Waals surface area contributed by atoms with E-state index in [4.69, 9.17) is 37.9 Å². The van der Waals surface area contributed by atoms with Crippen LogP contribution in [0.2, 0.25) is 0 Å². The van der Waals surface area contributed by atoms with Crippen LogP contribution in [0, 0.1) is 88.7 Å². The molecule has 0 spiro atoms. The Balaban J connectivity index is 0.000000200. The summed E-state index contributed by atoms with van der Waals surface area (Å²) in [6.45, 7) is 55.3. The first kappa shape index (κ1) is 70.5. The number of ether oxygens (including phenoxy) is 8. The molecule has 14 unspecified atom stereocenters. The number of hydrogen-bond acceptors (Lipinski definition) is 12. The van der Waals surface area contributed by atoms with Crippen LogP contribution in [0.25, 0.3) is 0 Å². The molecule has 14 atom stereocenters. The first-order valence-corrected chi connectivity index (χ1v) is 32.7. The molecule has 8 bridgehead atoms. The van der Waals surface area contributed by atoms with E-state index >= 15 is 0 Å². The summed E-state index contributed by atoms with van der Waals surface area (Å²) < 4.78 is 46.1. The summed E-state index contributed by atoms with van der Waals surface area (Å²) in [4.78, 5) is 48.2. The van der Waals surface area contributed by atoms with Gasteiger partial charge in [-0.3, -0.25) is 19.2 Å². The van der Waals surface area contributed by atoms with Crippen molar-refractivity contribution in [3.05, 3.63) is 0 Å². The molecule has 12 nitrogen and oxygen atoms in total. The van der Waals surface area contributed by atoms with E-state index in [0.29, 0.717) is 10.8 Å². The van der Waals surface area contributed by atoms with Gasteiger partial charge in [0.1, 0.15) is 0 Å². The average Bonchev–Trinajstić information content (AvgIpc) is 4.43. The molecule has 8 aliphatic carbocycles. The number of carbonyl (C=O) groups is 4. The Morgan fingerprint density at radius 1 is 0.427 bits per heavy atom. The molecular weight excluding hydrogens is 1030 g/mol. The van der Waals surface area contributed by atoms with Crippen LogP contribution in [-0.4, -0.2) is 74.5 Å². The molecule has 0 heterocycles. The second-order valence-electron chi connectivity index (χ2n) is 33.4. The fourth-order valence-corrected chi connectivity index (χ4v) is 16.4. The minimum atomic E-state index is -0.469. The van der Waals surface area contributed by atoms with Crippen LogP contribution in [-0.2, 0) is 57.1 Å². The lowest BCUT2D eigenvalue weighted by Crippen LogP contribution is -2.45. The predicted molar refractivity (Wildman–Crippen MR) is 326 cm³/mol. The Bertz CT molecular complexity index is 2200. The molecule has 0 saturated heterocycles. The van der Waals surface area contributed by atoms with Gasteiger partial charge in [-0.25, -0.2) is 0 Å². The van der Waals surface area contributed by atoms with Crippen molar-refractivity contribution in [1.29, 1.82) is 0 Å². The molecule has 0 aromatic heterocycles. The van der Waals surface area contributed by atoms with Crippen LogP contribution in [0.4, 0.5) is 0 Å². The van der Waals surface area contributed by atoms with Gasteiger partial charge in [0.2, 0.25) is 0 Å². The molecule has 476 valence electrons. The third-order valence-electron chi connectivity index (χ3n) is 25.6. The van der Waals surface area contributed by atoms with Crippen molar-refractivity contribution in [3.63, 3.8) is 0 Å². The molecular formula is C70H124O12. The Labute approximate surface area is 500 Å². The first-order valence-electron chi connectivity index (χ1n) is 32.7. The van der Waals surface area contributed by atoms with Gasteiger partial charge in [-0.15, -0.1) is 0 Å². The SMILES string of the molecule is CCC(C)(C)C(=O)OC(C)OC1C2(C)CCC(C2)C1(C)C.CCC(C)(C)C(=O)OC(C)OC1CC2CCC1(C)C2(C)C.CCC(C)(C)C(=O)OCOC1C2(C)CCC(C2)C1(C)C.CCC(C)(C)C(=O)OCOC1CC2CCC1(C)C2(C)C. The molecule has 8 aliphatic rings. The van der Waals surface area contributed by atoms with Crippen LogP contribution >= 0.6 is 0 Å². The van der Waals surface area contributed by atoms with Crippen molar-refractivity contribution < 1.29 is 57.1 Å². The highest BCUT2D eigenvalue weighted by Gasteiger charge is 2.65. The topological polar surface area (TPSA) is 142 Å². The quantitative estimate of drug-likeness (QED) is 0.0650. The van der Waals surface area contributed by atoms with Gasteiger partial charge in [0, 0.05) is 0 Å². The number of hydrogen-bond donors (Lipinski definition) is 0. The zero-order valence-corrected chi connectivity index (χ0v) is 57.4. The van der Waals surface area contributed by atoms with Crippen molar-refractivity contribution >= 4 is 23.9 Å². The summed E-state index contributed by atoms with van der Waals surface area (Å²) in [6, 6.07) is 0. The van der Waals surface area contributed by atoms with Gasteiger partial charge >= 0.3 is 23.9 Å². The first-order chi connectivity index (χ1) is 37.4.